The second kappa shape index (κ2) is 9.34. The van der Waals surface area contributed by atoms with Crippen LogP contribution >= 0.6 is 17.0 Å². The van der Waals surface area contributed by atoms with Crippen molar-refractivity contribution >= 4 is 23.1 Å². The quantitative estimate of drug-likeness (QED) is 0.318. The average Bonchev–Trinajstić information content (AvgIpc) is 3.13. The van der Waals surface area contributed by atoms with E-state index in [2.05, 4.69) is 86.7 Å². The van der Waals surface area contributed by atoms with Crippen LogP contribution in [0.3, 0.4) is 0 Å². The Morgan fingerprint density at radius 3 is 2.17 bits per heavy atom. The Bertz CT molecular complexity index is 1040. The van der Waals surface area contributed by atoms with E-state index in [1.165, 1.54) is 44.5 Å². The first kappa shape index (κ1) is 21.1. The molecule has 29 heavy (non-hydrogen) atoms. The van der Waals surface area contributed by atoms with Gasteiger partial charge < -0.3 is 0 Å². The molecule has 1 aliphatic carbocycles. The van der Waals surface area contributed by atoms with Crippen molar-refractivity contribution in [1.29, 1.82) is 0 Å². The van der Waals surface area contributed by atoms with Crippen molar-refractivity contribution in [2.24, 2.45) is 0 Å². The Balaban J connectivity index is 2.00. The molecule has 3 aromatic rings. The summed E-state index contributed by atoms with van der Waals surface area (Å²) in [6.45, 7) is 4.47. The fraction of sp³-hybridized carbons (Fsp3) is 0.231. The van der Waals surface area contributed by atoms with E-state index >= 15 is 0 Å². The van der Waals surface area contributed by atoms with Gasteiger partial charge in [0.2, 0.25) is 0 Å². The molecule has 0 amide bonds. The molecule has 3 aromatic carbocycles. The number of allylic oxidation sites excluding steroid dienone is 1. The number of hydrogen-bond acceptors (Lipinski definition) is 0. The third-order valence-corrected chi connectivity index (χ3v) is 11.1. The summed E-state index contributed by atoms with van der Waals surface area (Å²) in [5.74, 6) is 0. The molecule has 0 saturated heterocycles. The van der Waals surface area contributed by atoms with Gasteiger partial charge in [0.05, 0.1) is 0 Å². The summed E-state index contributed by atoms with van der Waals surface area (Å²) in [7, 11) is 13.3. The Kier molecular flexibility index (Phi) is 6.80. The SMILES string of the molecule is CCCc1ccc2c(c1-c1ccccc1-c1ccccc1)C=C(CC)[CH]2[Zr]([Cl])[Cl]. The Morgan fingerprint density at radius 1 is 0.828 bits per heavy atom. The van der Waals surface area contributed by atoms with Crippen molar-refractivity contribution in [2.75, 3.05) is 0 Å². The fourth-order valence-corrected chi connectivity index (χ4v) is 10.1. The Morgan fingerprint density at radius 2 is 1.52 bits per heavy atom. The van der Waals surface area contributed by atoms with Crippen molar-refractivity contribution in [3.63, 3.8) is 0 Å². The maximum atomic E-state index is 6.63. The van der Waals surface area contributed by atoms with E-state index < -0.39 is 19.4 Å². The zero-order valence-electron chi connectivity index (χ0n) is 16.9. The van der Waals surface area contributed by atoms with Crippen LogP contribution in [0.5, 0.6) is 0 Å². The number of fused-ring (bicyclic) bond motifs is 1. The summed E-state index contributed by atoms with van der Waals surface area (Å²) in [6.07, 6.45) is 5.59. The standard InChI is InChI=1S/C26H25.2ClH.Zr/c1-3-10-21-15-16-22-17-19(4-2)18-25(22)26(21)24-14-9-8-13-23(24)20-11-6-5-7-12-20;;;/h5-9,11-18H,3-4,10H2,1-2H3;2*1H;/q;;;+2/p-2. The molecule has 147 valence electrons. The van der Waals surface area contributed by atoms with Gasteiger partial charge in [-0.3, -0.25) is 0 Å². The first-order chi connectivity index (χ1) is 14.2. The summed E-state index contributed by atoms with van der Waals surface area (Å²) < 4.78 is 0.277. The van der Waals surface area contributed by atoms with Gasteiger partial charge in [-0.2, -0.15) is 0 Å². The van der Waals surface area contributed by atoms with Gasteiger partial charge >= 0.3 is 190 Å². The van der Waals surface area contributed by atoms with Crippen LogP contribution in [0.4, 0.5) is 0 Å². The van der Waals surface area contributed by atoms with Crippen LogP contribution in [0.2, 0.25) is 0 Å². The minimum absolute atomic E-state index is 0.277. The summed E-state index contributed by atoms with van der Waals surface area (Å²) in [6, 6.07) is 24.1. The van der Waals surface area contributed by atoms with Gasteiger partial charge in [-0.15, -0.1) is 0 Å². The van der Waals surface area contributed by atoms with Crippen LogP contribution in [-0.2, 0) is 25.8 Å². The molecule has 0 heterocycles. The Hall–Kier alpha value is -1.14. The number of aryl methyl sites for hydroxylation is 1. The predicted molar refractivity (Wildman–Crippen MR) is 124 cm³/mol. The minimum atomic E-state index is -2.48. The van der Waals surface area contributed by atoms with Crippen LogP contribution in [0.25, 0.3) is 28.3 Å². The van der Waals surface area contributed by atoms with E-state index in [9.17, 15) is 0 Å². The first-order valence-corrected chi connectivity index (χ1v) is 18.1. The van der Waals surface area contributed by atoms with Crippen LogP contribution < -0.4 is 0 Å². The molecule has 0 saturated carbocycles. The van der Waals surface area contributed by atoms with E-state index in [-0.39, 0.29) is 3.63 Å². The topological polar surface area (TPSA) is 0 Å². The summed E-state index contributed by atoms with van der Waals surface area (Å²) in [5.41, 5.74) is 10.7. The Labute approximate surface area is 189 Å². The van der Waals surface area contributed by atoms with Crippen LogP contribution in [0.15, 0.2) is 72.3 Å². The molecule has 4 rings (SSSR count). The number of halogens is 2. The van der Waals surface area contributed by atoms with Crippen LogP contribution in [-0.4, -0.2) is 0 Å². The molecule has 3 heteroatoms. The summed E-state index contributed by atoms with van der Waals surface area (Å²) >= 11 is -2.48. The number of rotatable bonds is 6. The average molecular weight is 500 g/mol. The monoisotopic (exact) mass is 497 g/mol. The van der Waals surface area contributed by atoms with Crippen LogP contribution in [0.1, 0.15) is 47.0 Å². The zero-order valence-corrected chi connectivity index (χ0v) is 20.9. The third-order valence-electron chi connectivity index (χ3n) is 5.80. The molecule has 1 unspecified atom stereocenters. The first-order valence-electron chi connectivity index (χ1n) is 10.3. The van der Waals surface area contributed by atoms with Crippen molar-refractivity contribution < 1.29 is 19.4 Å². The molecular formula is C26H25Cl2Zr. The van der Waals surface area contributed by atoms with Crippen LogP contribution in [0, 0.1) is 0 Å². The van der Waals surface area contributed by atoms with E-state index in [1.807, 2.05) is 0 Å². The van der Waals surface area contributed by atoms with Crippen molar-refractivity contribution in [3.8, 4) is 22.3 Å². The molecule has 1 atom stereocenters. The third kappa shape index (κ3) is 4.07. The van der Waals surface area contributed by atoms with Crippen molar-refractivity contribution in [3.05, 3.63) is 89.0 Å². The summed E-state index contributed by atoms with van der Waals surface area (Å²) in [5, 5.41) is 0. The normalized spacial score (nSPS) is 15.2. The molecule has 1 aliphatic rings. The molecule has 0 fully saturated rings. The molecule has 0 bridgehead atoms. The molecule has 0 aromatic heterocycles. The molecule has 0 nitrogen and oxygen atoms in total. The number of hydrogen-bond donors (Lipinski definition) is 0. The van der Waals surface area contributed by atoms with Gasteiger partial charge in [-0.25, -0.2) is 0 Å². The second-order valence-corrected chi connectivity index (χ2v) is 16.4. The van der Waals surface area contributed by atoms with Gasteiger partial charge in [0, 0.05) is 0 Å². The van der Waals surface area contributed by atoms with Gasteiger partial charge in [0.15, 0.2) is 0 Å². The predicted octanol–water partition coefficient (Wildman–Crippen LogP) is 8.75. The molecule has 0 spiro atoms. The van der Waals surface area contributed by atoms with E-state index in [1.54, 1.807) is 0 Å². The zero-order chi connectivity index (χ0) is 20.4. The second-order valence-electron chi connectivity index (χ2n) is 7.56. The van der Waals surface area contributed by atoms with Gasteiger partial charge in [0.25, 0.3) is 0 Å². The van der Waals surface area contributed by atoms with Crippen molar-refractivity contribution in [1.82, 2.24) is 0 Å². The van der Waals surface area contributed by atoms with E-state index in [4.69, 9.17) is 17.0 Å². The molecule has 0 radical (unpaired) electrons. The maximum absolute atomic E-state index is 6.63. The molecular weight excluding hydrogens is 474 g/mol. The van der Waals surface area contributed by atoms with Gasteiger partial charge in [0.1, 0.15) is 0 Å². The van der Waals surface area contributed by atoms with Gasteiger partial charge in [-0.05, 0) is 0 Å². The van der Waals surface area contributed by atoms with Gasteiger partial charge in [-0.1, -0.05) is 0 Å². The molecule has 0 N–H and O–H groups in total. The fourth-order valence-electron chi connectivity index (χ4n) is 4.49. The van der Waals surface area contributed by atoms with E-state index in [0.29, 0.717) is 0 Å². The summed E-state index contributed by atoms with van der Waals surface area (Å²) in [4.78, 5) is 0. The van der Waals surface area contributed by atoms with Crippen molar-refractivity contribution in [2.45, 2.75) is 36.7 Å². The number of benzene rings is 3. The molecule has 0 aliphatic heterocycles. The van der Waals surface area contributed by atoms with E-state index in [0.717, 1.165) is 19.3 Å².